The number of hydrogen-bond acceptors (Lipinski definition) is 1. The van der Waals surface area contributed by atoms with Gasteiger partial charge in [0.2, 0.25) is 0 Å². The van der Waals surface area contributed by atoms with Crippen molar-refractivity contribution >= 4 is 5.69 Å². The molecule has 0 unspecified atom stereocenters. The van der Waals surface area contributed by atoms with Crippen LogP contribution in [0.1, 0.15) is 39.7 Å². The smallest absolute Gasteiger partial charge is 0.125 e. The molecule has 0 amide bonds. The molecule has 15 heavy (non-hydrogen) atoms. The lowest BCUT2D eigenvalue weighted by Gasteiger charge is -2.43. The Hall–Kier alpha value is -1.05. The zero-order chi connectivity index (χ0) is 11.3. The predicted octanol–water partition coefficient (Wildman–Crippen LogP) is 3.70. The number of anilines is 1. The molecular weight excluding hydrogens is 189 g/mol. The highest BCUT2D eigenvalue weighted by atomic mass is 19.1. The monoisotopic (exact) mass is 207 g/mol. The fourth-order valence-electron chi connectivity index (χ4n) is 2.82. The van der Waals surface area contributed by atoms with Gasteiger partial charge in [-0.3, -0.25) is 0 Å². The van der Waals surface area contributed by atoms with E-state index in [9.17, 15) is 4.39 Å². The third-order valence-corrected chi connectivity index (χ3v) is 3.07. The highest BCUT2D eigenvalue weighted by molar-refractivity contribution is 5.58. The molecular formula is C13H18FN. The second-order valence-electron chi connectivity index (χ2n) is 5.76. The van der Waals surface area contributed by atoms with Crippen molar-refractivity contribution in [3.63, 3.8) is 0 Å². The molecule has 1 aromatic rings. The molecule has 0 bridgehead atoms. The molecule has 1 N–H and O–H groups in total. The lowest BCUT2D eigenvalue weighted by molar-refractivity contribution is 0.355. The van der Waals surface area contributed by atoms with Crippen molar-refractivity contribution in [1.29, 1.82) is 0 Å². The van der Waals surface area contributed by atoms with E-state index in [1.807, 2.05) is 6.07 Å². The average Bonchev–Trinajstić information content (AvgIpc) is 1.97. The summed E-state index contributed by atoms with van der Waals surface area (Å²) < 4.78 is 13.2. The summed E-state index contributed by atoms with van der Waals surface area (Å²) in [4.78, 5) is 0. The predicted molar refractivity (Wildman–Crippen MR) is 61.7 cm³/mol. The molecule has 2 heteroatoms. The molecule has 0 saturated carbocycles. The number of nitrogens with one attached hydrogen (secondary N) is 1. The largest absolute Gasteiger partial charge is 0.380 e. The molecule has 0 fully saturated rings. The summed E-state index contributed by atoms with van der Waals surface area (Å²) in [6.45, 7) is 8.74. The summed E-state index contributed by atoms with van der Waals surface area (Å²) in [6, 6.07) is 5.03. The summed E-state index contributed by atoms with van der Waals surface area (Å²) in [5, 5.41) is 3.39. The first-order valence-corrected chi connectivity index (χ1v) is 5.38. The van der Waals surface area contributed by atoms with Gasteiger partial charge in [0.1, 0.15) is 5.82 Å². The Kier molecular flexibility index (Phi) is 2.07. The van der Waals surface area contributed by atoms with Crippen LogP contribution in [0.3, 0.4) is 0 Å². The standard InChI is InChI=1S/C13H18FN/c1-12(2)8-13(3,4)15-11-7-9(14)5-6-10(11)12/h5-7,15H,8H2,1-4H3. The Balaban J connectivity index is 2.55. The highest BCUT2D eigenvalue weighted by Crippen LogP contribution is 2.42. The first-order chi connectivity index (χ1) is 6.80. The van der Waals surface area contributed by atoms with E-state index in [2.05, 4.69) is 33.0 Å². The number of hydrogen-bond donors (Lipinski definition) is 1. The number of benzene rings is 1. The summed E-state index contributed by atoms with van der Waals surface area (Å²) in [7, 11) is 0. The molecule has 0 spiro atoms. The van der Waals surface area contributed by atoms with Crippen LogP contribution in [0.15, 0.2) is 18.2 Å². The van der Waals surface area contributed by atoms with Crippen LogP contribution in [-0.2, 0) is 5.41 Å². The summed E-state index contributed by atoms with van der Waals surface area (Å²) >= 11 is 0. The van der Waals surface area contributed by atoms with Gasteiger partial charge in [0.05, 0.1) is 0 Å². The molecule has 0 saturated heterocycles. The zero-order valence-electron chi connectivity index (χ0n) is 9.82. The molecule has 1 aliphatic heterocycles. The van der Waals surface area contributed by atoms with Gasteiger partial charge in [0.15, 0.2) is 0 Å². The SMILES string of the molecule is CC1(C)CC(C)(C)c2ccc(F)cc2N1. The van der Waals surface area contributed by atoms with Crippen LogP contribution in [0, 0.1) is 5.82 Å². The van der Waals surface area contributed by atoms with E-state index in [1.165, 1.54) is 5.56 Å². The third kappa shape index (κ3) is 1.85. The second kappa shape index (κ2) is 2.97. The Labute approximate surface area is 90.7 Å². The van der Waals surface area contributed by atoms with Crippen molar-refractivity contribution in [3.05, 3.63) is 29.6 Å². The molecule has 1 heterocycles. The van der Waals surface area contributed by atoms with Gasteiger partial charge >= 0.3 is 0 Å². The van der Waals surface area contributed by atoms with Gasteiger partial charge in [-0.05, 0) is 43.4 Å². The molecule has 2 rings (SSSR count). The van der Waals surface area contributed by atoms with Crippen molar-refractivity contribution in [1.82, 2.24) is 0 Å². The molecule has 82 valence electrons. The van der Waals surface area contributed by atoms with E-state index in [0.717, 1.165) is 12.1 Å². The van der Waals surface area contributed by atoms with Gasteiger partial charge in [-0.25, -0.2) is 4.39 Å². The average molecular weight is 207 g/mol. The second-order valence-corrected chi connectivity index (χ2v) is 5.76. The topological polar surface area (TPSA) is 12.0 Å². The van der Waals surface area contributed by atoms with Crippen molar-refractivity contribution in [3.8, 4) is 0 Å². The van der Waals surface area contributed by atoms with Crippen LogP contribution in [-0.4, -0.2) is 5.54 Å². The Morgan fingerprint density at radius 1 is 1.20 bits per heavy atom. The van der Waals surface area contributed by atoms with Crippen molar-refractivity contribution in [2.75, 3.05) is 5.32 Å². The van der Waals surface area contributed by atoms with Gasteiger partial charge in [0, 0.05) is 11.2 Å². The lowest BCUT2D eigenvalue weighted by Crippen LogP contribution is -2.43. The highest BCUT2D eigenvalue weighted by Gasteiger charge is 2.36. The molecule has 0 aliphatic carbocycles. The minimum atomic E-state index is -0.172. The van der Waals surface area contributed by atoms with Gasteiger partial charge in [-0.2, -0.15) is 0 Å². The van der Waals surface area contributed by atoms with Crippen LogP contribution in [0.25, 0.3) is 0 Å². The molecule has 1 aliphatic rings. The first kappa shape index (κ1) is 10.5. The van der Waals surface area contributed by atoms with Crippen molar-refractivity contribution in [2.45, 2.75) is 45.1 Å². The summed E-state index contributed by atoms with van der Waals surface area (Å²) in [6.07, 6.45) is 1.05. The molecule has 0 aromatic heterocycles. The summed E-state index contributed by atoms with van der Waals surface area (Å²) in [5.74, 6) is -0.172. The fraction of sp³-hybridized carbons (Fsp3) is 0.538. The third-order valence-electron chi connectivity index (χ3n) is 3.07. The Morgan fingerprint density at radius 3 is 2.53 bits per heavy atom. The van der Waals surface area contributed by atoms with E-state index >= 15 is 0 Å². The normalized spacial score (nSPS) is 21.7. The van der Waals surface area contributed by atoms with Gasteiger partial charge in [0.25, 0.3) is 0 Å². The maximum absolute atomic E-state index is 13.2. The van der Waals surface area contributed by atoms with E-state index in [1.54, 1.807) is 12.1 Å². The Morgan fingerprint density at radius 2 is 1.87 bits per heavy atom. The van der Waals surface area contributed by atoms with Crippen molar-refractivity contribution in [2.24, 2.45) is 0 Å². The van der Waals surface area contributed by atoms with Gasteiger partial charge < -0.3 is 5.32 Å². The zero-order valence-corrected chi connectivity index (χ0v) is 9.82. The van der Waals surface area contributed by atoms with Crippen LogP contribution in [0.2, 0.25) is 0 Å². The van der Waals surface area contributed by atoms with E-state index in [-0.39, 0.29) is 16.8 Å². The Bertz CT molecular complexity index is 394. The fourth-order valence-corrected chi connectivity index (χ4v) is 2.82. The van der Waals surface area contributed by atoms with Crippen molar-refractivity contribution < 1.29 is 4.39 Å². The molecule has 1 aromatic carbocycles. The summed E-state index contributed by atoms with van der Waals surface area (Å²) in [5.41, 5.74) is 2.29. The maximum atomic E-state index is 13.2. The van der Waals surface area contributed by atoms with Crippen LogP contribution < -0.4 is 5.32 Å². The maximum Gasteiger partial charge on any atom is 0.125 e. The molecule has 1 nitrogen and oxygen atoms in total. The van der Waals surface area contributed by atoms with Crippen LogP contribution >= 0.6 is 0 Å². The lowest BCUT2D eigenvalue weighted by atomic mass is 9.71. The molecule has 0 radical (unpaired) electrons. The number of fused-ring (bicyclic) bond motifs is 1. The first-order valence-electron chi connectivity index (χ1n) is 5.38. The van der Waals surface area contributed by atoms with E-state index in [0.29, 0.717) is 0 Å². The number of rotatable bonds is 0. The minimum Gasteiger partial charge on any atom is -0.380 e. The number of halogens is 1. The van der Waals surface area contributed by atoms with E-state index in [4.69, 9.17) is 0 Å². The van der Waals surface area contributed by atoms with E-state index < -0.39 is 0 Å². The minimum absolute atomic E-state index is 0.0320. The van der Waals surface area contributed by atoms with Crippen LogP contribution in [0.4, 0.5) is 10.1 Å². The van der Waals surface area contributed by atoms with Crippen LogP contribution in [0.5, 0.6) is 0 Å². The molecule has 0 atom stereocenters. The quantitative estimate of drug-likeness (QED) is 0.684. The van der Waals surface area contributed by atoms with Gasteiger partial charge in [-0.15, -0.1) is 0 Å². The van der Waals surface area contributed by atoms with Gasteiger partial charge in [-0.1, -0.05) is 19.9 Å².